The van der Waals surface area contributed by atoms with E-state index in [4.69, 9.17) is 0 Å². The van der Waals surface area contributed by atoms with Gasteiger partial charge in [-0.3, -0.25) is 4.98 Å². The normalized spacial score (nSPS) is 13.4. The molecule has 0 spiro atoms. The zero-order chi connectivity index (χ0) is 21.4. The van der Waals surface area contributed by atoms with Gasteiger partial charge in [0, 0.05) is 6.20 Å². The smallest absolute Gasteiger partial charge is 0.121 e. The van der Waals surface area contributed by atoms with E-state index in [1.165, 1.54) is 6.08 Å². The third kappa shape index (κ3) is 6.12. The number of aliphatic hydroxyl groups excluding tert-OH is 3. The molecule has 0 bridgehead atoms. The first-order chi connectivity index (χ1) is 13.9. The number of phenols is 1. The Morgan fingerprint density at radius 3 is 2.41 bits per heavy atom. The molecular formula is C24H29NO4. The molecule has 2 rings (SSSR count). The summed E-state index contributed by atoms with van der Waals surface area (Å²) in [7, 11) is 0. The molecule has 1 aromatic heterocycles. The molecular weight excluding hydrogens is 366 g/mol. The fraction of sp³-hybridized carbons (Fsp3) is 0.292. The van der Waals surface area contributed by atoms with Crippen LogP contribution in [-0.4, -0.2) is 44.7 Å². The van der Waals surface area contributed by atoms with Crippen molar-refractivity contribution in [2.45, 2.75) is 32.8 Å². The van der Waals surface area contributed by atoms with Crippen LogP contribution in [0.5, 0.6) is 5.75 Å². The molecule has 1 aromatic carbocycles. The summed E-state index contributed by atoms with van der Waals surface area (Å²) in [5, 5.41) is 39.2. The summed E-state index contributed by atoms with van der Waals surface area (Å²) in [4.78, 5) is 4.44. The molecule has 154 valence electrons. The maximum Gasteiger partial charge on any atom is 0.121 e. The highest BCUT2D eigenvalue weighted by Crippen LogP contribution is 2.28. The van der Waals surface area contributed by atoms with E-state index in [0.29, 0.717) is 29.7 Å². The number of allylic oxidation sites excluding steroid dienone is 1. The lowest BCUT2D eigenvalue weighted by Gasteiger charge is -2.17. The minimum absolute atomic E-state index is 0.236. The van der Waals surface area contributed by atoms with E-state index in [-0.39, 0.29) is 13.2 Å². The van der Waals surface area contributed by atoms with Crippen LogP contribution in [0.2, 0.25) is 0 Å². The minimum Gasteiger partial charge on any atom is -0.507 e. The monoisotopic (exact) mass is 395 g/mol. The molecule has 1 atom stereocenters. The Labute approximate surface area is 172 Å². The third-order valence-corrected chi connectivity index (χ3v) is 4.80. The van der Waals surface area contributed by atoms with Gasteiger partial charge >= 0.3 is 0 Å². The van der Waals surface area contributed by atoms with Crippen molar-refractivity contribution in [3.05, 3.63) is 82.7 Å². The summed E-state index contributed by atoms with van der Waals surface area (Å²) in [6, 6.07) is 9.48. The van der Waals surface area contributed by atoms with Crippen LogP contribution in [0.3, 0.4) is 0 Å². The molecule has 5 heteroatoms. The van der Waals surface area contributed by atoms with Crippen LogP contribution in [0.25, 0.3) is 11.6 Å². The van der Waals surface area contributed by atoms with Gasteiger partial charge in [0.2, 0.25) is 0 Å². The van der Waals surface area contributed by atoms with Gasteiger partial charge in [-0.05, 0) is 90.4 Å². The SMILES string of the molecule is C=C(CO)/C(=C/CO)C(O)CC/C(=C/c1cc(C)c(O)c(C)c1)c1ccccn1. The van der Waals surface area contributed by atoms with Gasteiger partial charge in [-0.25, -0.2) is 0 Å². The zero-order valence-electron chi connectivity index (χ0n) is 17.0. The summed E-state index contributed by atoms with van der Waals surface area (Å²) >= 11 is 0. The van der Waals surface area contributed by atoms with E-state index in [1.54, 1.807) is 6.20 Å². The molecule has 2 aromatic rings. The summed E-state index contributed by atoms with van der Waals surface area (Å²) in [5.74, 6) is 0.290. The number of aromatic hydroxyl groups is 1. The number of hydrogen-bond acceptors (Lipinski definition) is 5. The van der Waals surface area contributed by atoms with Crippen LogP contribution in [0.15, 0.2) is 60.3 Å². The molecule has 0 saturated carbocycles. The van der Waals surface area contributed by atoms with Gasteiger partial charge in [0.15, 0.2) is 0 Å². The van der Waals surface area contributed by atoms with Gasteiger partial charge in [-0.15, -0.1) is 0 Å². The van der Waals surface area contributed by atoms with Gasteiger partial charge in [-0.1, -0.05) is 18.7 Å². The van der Waals surface area contributed by atoms with Crippen molar-refractivity contribution in [3.63, 3.8) is 0 Å². The summed E-state index contributed by atoms with van der Waals surface area (Å²) in [6.07, 6.45) is 5.24. The molecule has 4 N–H and O–H groups in total. The number of nitrogens with zero attached hydrogens (tertiary/aromatic N) is 1. The first-order valence-electron chi connectivity index (χ1n) is 9.57. The summed E-state index contributed by atoms with van der Waals surface area (Å²) in [5.41, 5.74) is 5.11. The number of aryl methyl sites for hydroxylation is 2. The quantitative estimate of drug-likeness (QED) is 0.487. The lowest BCUT2D eigenvalue weighted by Crippen LogP contribution is -2.14. The predicted molar refractivity (Wildman–Crippen MR) is 116 cm³/mol. The number of phenolic OH excluding ortho intramolecular Hbond substituents is 1. The molecule has 29 heavy (non-hydrogen) atoms. The summed E-state index contributed by atoms with van der Waals surface area (Å²) < 4.78 is 0. The van der Waals surface area contributed by atoms with E-state index >= 15 is 0 Å². The van der Waals surface area contributed by atoms with E-state index in [2.05, 4.69) is 11.6 Å². The molecule has 0 fully saturated rings. The second-order valence-electron chi connectivity index (χ2n) is 7.05. The van der Waals surface area contributed by atoms with Gasteiger partial charge < -0.3 is 20.4 Å². The first kappa shape index (κ1) is 22.6. The van der Waals surface area contributed by atoms with Crippen LogP contribution < -0.4 is 0 Å². The van der Waals surface area contributed by atoms with Crippen molar-refractivity contribution in [3.8, 4) is 5.75 Å². The average Bonchev–Trinajstić information content (AvgIpc) is 2.72. The molecule has 0 radical (unpaired) electrons. The summed E-state index contributed by atoms with van der Waals surface area (Å²) in [6.45, 7) is 6.95. The third-order valence-electron chi connectivity index (χ3n) is 4.80. The first-order valence-corrected chi connectivity index (χ1v) is 9.57. The second kappa shape index (κ2) is 10.7. The van der Waals surface area contributed by atoms with Crippen LogP contribution in [0, 0.1) is 13.8 Å². The molecule has 1 heterocycles. The van der Waals surface area contributed by atoms with Crippen molar-refractivity contribution in [2.24, 2.45) is 0 Å². The van der Waals surface area contributed by atoms with Crippen molar-refractivity contribution in [2.75, 3.05) is 13.2 Å². The van der Waals surface area contributed by atoms with E-state index < -0.39 is 6.10 Å². The van der Waals surface area contributed by atoms with Crippen molar-refractivity contribution in [1.82, 2.24) is 4.98 Å². The fourth-order valence-electron chi connectivity index (χ4n) is 3.25. The Balaban J connectivity index is 2.33. The van der Waals surface area contributed by atoms with E-state index in [9.17, 15) is 20.4 Å². The average molecular weight is 395 g/mol. The van der Waals surface area contributed by atoms with Crippen LogP contribution >= 0.6 is 0 Å². The highest BCUT2D eigenvalue weighted by molar-refractivity contribution is 5.80. The van der Waals surface area contributed by atoms with Crippen LogP contribution in [-0.2, 0) is 0 Å². The van der Waals surface area contributed by atoms with Crippen molar-refractivity contribution in [1.29, 1.82) is 0 Å². The maximum atomic E-state index is 10.6. The Kier molecular flexibility index (Phi) is 8.34. The van der Waals surface area contributed by atoms with E-state index in [1.807, 2.05) is 50.3 Å². The standard InChI is InChI=1S/C24H29NO4/c1-16-12-19(13-17(2)24(16)29)14-20(22-6-4-5-10-25-22)7-8-23(28)21(9-11-26)18(3)15-27/h4-6,9-10,12-14,23,26-29H,3,7-8,11,15H2,1-2H3/b20-14-,21-9-. The lowest BCUT2D eigenvalue weighted by atomic mass is 9.94. The highest BCUT2D eigenvalue weighted by Gasteiger charge is 2.15. The Morgan fingerprint density at radius 1 is 1.17 bits per heavy atom. The second-order valence-corrected chi connectivity index (χ2v) is 7.05. The molecule has 0 aliphatic rings. The predicted octanol–water partition coefficient (Wildman–Crippen LogP) is 3.55. The van der Waals surface area contributed by atoms with E-state index in [0.717, 1.165) is 28.0 Å². The minimum atomic E-state index is -0.864. The molecule has 0 amide bonds. The van der Waals surface area contributed by atoms with Crippen molar-refractivity contribution < 1.29 is 20.4 Å². The number of benzene rings is 1. The Hall–Kier alpha value is -2.73. The van der Waals surface area contributed by atoms with Gasteiger partial charge in [0.1, 0.15) is 5.75 Å². The van der Waals surface area contributed by atoms with Crippen LogP contribution in [0.1, 0.15) is 35.2 Å². The number of hydrogen-bond donors (Lipinski definition) is 4. The zero-order valence-corrected chi connectivity index (χ0v) is 17.0. The molecule has 0 aliphatic heterocycles. The largest absolute Gasteiger partial charge is 0.507 e. The molecule has 5 nitrogen and oxygen atoms in total. The number of aliphatic hydroxyl groups is 3. The Bertz CT molecular complexity index is 877. The van der Waals surface area contributed by atoms with Crippen LogP contribution in [0.4, 0.5) is 0 Å². The van der Waals surface area contributed by atoms with Gasteiger partial charge in [-0.2, -0.15) is 0 Å². The topological polar surface area (TPSA) is 93.8 Å². The van der Waals surface area contributed by atoms with Gasteiger partial charge in [0.05, 0.1) is 25.0 Å². The molecule has 1 unspecified atom stereocenters. The lowest BCUT2D eigenvalue weighted by molar-refractivity contribution is 0.199. The Morgan fingerprint density at radius 2 is 1.86 bits per heavy atom. The molecule has 0 aliphatic carbocycles. The number of pyridine rings is 1. The number of rotatable bonds is 9. The highest BCUT2D eigenvalue weighted by atomic mass is 16.3. The maximum absolute atomic E-state index is 10.6. The van der Waals surface area contributed by atoms with Crippen molar-refractivity contribution >= 4 is 11.6 Å². The molecule has 0 saturated heterocycles. The number of aromatic nitrogens is 1. The van der Waals surface area contributed by atoms with Gasteiger partial charge in [0.25, 0.3) is 0 Å². The fourth-order valence-corrected chi connectivity index (χ4v) is 3.25.